The van der Waals surface area contributed by atoms with E-state index in [0.29, 0.717) is 26.3 Å². The molecule has 0 atom stereocenters. The van der Waals surface area contributed by atoms with E-state index in [0.717, 1.165) is 12.2 Å². The molecular formula is C19H29NO5. The van der Waals surface area contributed by atoms with Gasteiger partial charge in [-0.1, -0.05) is 18.2 Å². The second kappa shape index (κ2) is 12.3. The van der Waals surface area contributed by atoms with Crippen LogP contribution in [0.15, 0.2) is 30.3 Å². The van der Waals surface area contributed by atoms with E-state index in [2.05, 4.69) is 4.74 Å². The minimum absolute atomic E-state index is 0.0376. The van der Waals surface area contributed by atoms with Crippen molar-refractivity contribution in [1.29, 1.82) is 0 Å². The van der Waals surface area contributed by atoms with Gasteiger partial charge in [-0.05, 0) is 32.4 Å². The van der Waals surface area contributed by atoms with Crippen LogP contribution in [0.1, 0.15) is 33.1 Å². The Balaban J connectivity index is 2.41. The van der Waals surface area contributed by atoms with Crippen molar-refractivity contribution in [2.45, 2.75) is 39.2 Å². The zero-order valence-corrected chi connectivity index (χ0v) is 15.4. The van der Waals surface area contributed by atoms with Crippen molar-refractivity contribution < 1.29 is 23.8 Å². The molecule has 0 unspecified atom stereocenters. The number of amides is 1. The van der Waals surface area contributed by atoms with Crippen LogP contribution in [-0.2, 0) is 19.1 Å². The van der Waals surface area contributed by atoms with Gasteiger partial charge in [0.05, 0.1) is 32.7 Å². The molecular weight excluding hydrogens is 322 g/mol. The summed E-state index contributed by atoms with van der Waals surface area (Å²) >= 11 is 0. The van der Waals surface area contributed by atoms with Gasteiger partial charge in [-0.3, -0.25) is 9.59 Å². The molecule has 25 heavy (non-hydrogen) atoms. The quantitative estimate of drug-likeness (QED) is 0.428. The number of carbonyl (C=O) groups excluding carboxylic acids is 2. The highest BCUT2D eigenvalue weighted by atomic mass is 16.5. The first kappa shape index (κ1) is 21.0. The molecule has 0 spiro atoms. The van der Waals surface area contributed by atoms with Gasteiger partial charge < -0.3 is 19.1 Å². The number of rotatable bonds is 12. The molecule has 0 N–H and O–H groups in total. The smallest absolute Gasteiger partial charge is 0.307 e. The van der Waals surface area contributed by atoms with Gasteiger partial charge in [-0.2, -0.15) is 0 Å². The molecule has 1 aromatic rings. The van der Waals surface area contributed by atoms with Crippen molar-refractivity contribution in [2.75, 3.05) is 33.4 Å². The third kappa shape index (κ3) is 9.72. The van der Waals surface area contributed by atoms with E-state index >= 15 is 0 Å². The van der Waals surface area contributed by atoms with E-state index in [1.807, 2.05) is 44.2 Å². The van der Waals surface area contributed by atoms with Crippen molar-refractivity contribution in [3.63, 3.8) is 0 Å². The molecule has 0 aromatic heterocycles. The Bertz CT molecular complexity index is 504. The van der Waals surface area contributed by atoms with Crippen LogP contribution in [0.2, 0.25) is 0 Å². The minimum Gasteiger partial charge on any atom is -0.493 e. The van der Waals surface area contributed by atoms with Crippen LogP contribution >= 0.6 is 0 Å². The highest BCUT2D eigenvalue weighted by Gasteiger charge is 2.15. The van der Waals surface area contributed by atoms with E-state index in [9.17, 15) is 9.59 Å². The molecule has 0 fully saturated rings. The molecule has 0 aliphatic heterocycles. The number of hydrogen-bond donors (Lipinski definition) is 0. The number of methoxy groups -OCH3 is 1. The van der Waals surface area contributed by atoms with Gasteiger partial charge >= 0.3 is 5.97 Å². The van der Waals surface area contributed by atoms with Crippen LogP contribution in [0.25, 0.3) is 0 Å². The number of hydrogen-bond acceptors (Lipinski definition) is 5. The second-order valence-corrected chi connectivity index (χ2v) is 5.89. The van der Waals surface area contributed by atoms with Crippen molar-refractivity contribution >= 4 is 11.9 Å². The fourth-order valence-corrected chi connectivity index (χ4v) is 2.19. The van der Waals surface area contributed by atoms with Crippen LogP contribution in [-0.4, -0.2) is 56.3 Å². The Morgan fingerprint density at radius 3 is 2.40 bits per heavy atom. The lowest BCUT2D eigenvalue weighted by Crippen LogP contribution is -2.35. The number of nitrogens with zero attached hydrogens (tertiary/aromatic N) is 1. The minimum atomic E-state index is -0.322. The first-order valence-electron chi connectivity index (χ1n) is 8.67. The largest absolute Gasteiger partial charge is 0.493 e. The summed E-state index contributed by atoms with van der Waals surface area (Å²) in [6, 6.07) is 9.38. The lowest BCUT2D eigenvalue weighted by atomic mass is 10.3. The van der Waals surface area contributed by atoms with E-state index in [4.69, 9.17) is 9.47 Å². The third-order valence-corrected chi connectivity index (χ3v) is 3.52. The van der Waals surface area contributed by atoms with Crippen molar-refractivity contribution in [2.24, 2.45) is 0 Å². The summed E-state index contributed by atoms with van der Waals surface area (Å²) in [7, 11) is 1.35. The molecule has 0 saturated heterocycles. The highest BCUT2D eigenvalue weighted by molar-refractivity contribution is 5.77. The Kier molecular flexibility index (Phi) is 10.3. The van der Waals surface area contributed by atoms with Gasteiger partial charge in [0.2, 0.25) is 5.91 Å². The van der Waals surface area contributed by atoms with Crippen LogP contribution in [0.5, 0.6) is 5.75 Å². The third-order valence-electron chi connectivity index (χ3n) is 3.52. The maximum atomic E-state index is 12.4. The average molecular weight is 351 g/mol. The SMILES string of the molecule is COC(=O)CCN(CCCOC(C)C)C(=O)CCOc1ccccc1. The Hall–Kier alpha value is -2.08. The number of ether oxygens (including phenoxy) is 3. The topological polar surface area (TPSA) is 65.1 Å². The number of esters is 1. The van der Waals surface area contributed by atoms with Crippen LogP contribution in [0, 0.1) is 0 Å². The zero-order chi connectivity index (χ0) is 18.5. The molecule has 0 radical (unpaired) electrons. The van der Waals surface area contributed by atoms with Gasteiger partial charge in [-0.15, -0.1) is 0 Å². The average Bonchev–Trinajstić information content (AvgIpc) is 2.61. The molecule has 0 aliphatic rings. The summed E-state index contributed by atoms with van der Waals surface area (Å²) in [5.41, 5.74) is 0. The monoisotopic (exact) mass is 351 g/mol. The Morgan fingerprint density at radius 1 is 1.04 bits per heavy atom. The first-order valence-corrected chi connectivity index (χ1v) is 8.67. The summed E-state index contributed by atoms with van der Waals surface area (Å²) in [6.45, 7) is 5.73. The van der Waals surface area contributed by atoms with Crippen molar-refractivity contribution in [3.8, 4) is 5.75 Å². The molecule has 6 heteroatoms. The summed E-state index contributed by atoms with van der Waals surface area (Å²) in [5, 5.41) is 0. The summed E-state index contributed by atoms with van der Waals surface area (Å²) in [5.74, 6) is 0.378. The van der Waals surface area contributed by atoms with Gasteiger partial charge in [0.1, 0.15) is 5.75 Å². The maximum absolute atomic E-state index is 12.4. The van der Waals surface area contributed by atoms with Crippen LogP contribution in [0.4, 0.5) is 0 Å². The normalized spacial score (nSPS) is 10.6. The predicted molar refractivity (Wildman–Crippen MR) is 95.5 cm³/mol. The first-order chi connectivity index (χ1) is 12.0. The Morgan fingerprint density at radius 2 is 1.76 bits per heavy atom. The molecule has 1 aromatic carbocycles. The lowest BCUT2D eigenvalue weighted by molar-refractivity contribution is -0.141. The van der Waals surface area contributed by atoms with Gasteiger partial charge in [0, 0.05) is 19.7 Å². The lowest BCUT2D eigenvalue weighted by Gasteiger charge is -2.22. The van der Waals surface area contributed by atoms with Gasteiger partial charge in [-0.25, -0.2) is 0 Å². The molecule has 1 rings (SSSR count). The number of benzene rings is 1. The number of carbonyl (C=O) groups is 2. The number of para-hydroxylation sites is 1. The fourth-order valence-electron chi connectivity index (χ4n) is 2.19. The summed E-state index contributed by atoms with van der Waals surface area (Å²) in [4.78, 5) is 25.4. The van der Waals surface area contributed by atoms with Crippen molar-refractivity contribution in [1.82, 2.24) is 4.90 Å². The van der Waals surface area contributed by atoms with E-state index in [1.54, 1.807) is 4.90 Å². The van der Waals surface area contributed by atoms with E-state index in [1.165, 1.54) is 7.11 Å². The maximum Gasteiger partial charge on any atom is 0.307 e. The standard InChI is InChI=1S/C19H29NO5/c1-16(2)24-14-7-12-20(13-10-19(22)23-3)18(21)11-15-25-17-8-5-4-6-9-17/h4-6,8-9,16H,7,10-15H2,1-3H3. The van der Waals surface area contributed by atoms with E-state index < -0.39 is 0 Å². The molecule has 140 valence electrons. The van der Waals surface area contributed by atoms with Gasteiger partial charge in [0.25, 0.3) is 0 Å². The zero-order valence-electron chi connectivity index (χ0n) is 15.4. The van der Waals surface area contributed by atoms with Gasteiger partial charge in [0.15, 0.2) is 0 Å². The molecule has 6 nitrogen and oxygen atoms in total. The van der Waals surface area contributed by atoms with E-state index in [-0.39, 0.29) is 30.8 Å². The molecule has 0 bridgehead atoms. The second-order valence-electron chi connectivity index (χ2n) is 5.89. The fraction of sp³-hybridized carbons (Fsp3) is 0.579. The summed E-state index contributed by atoms with van der Waals surface area (Å²) < 4.78 is 15.7. The molecule has 0 saturated carbocycles. The summed E-state index contributed by atoms with van der Waals surface area (Å²) in [6.07, 6.45) is 1.34. The van der Waals surface area contributed by atoms with Crippen LogP contribution in [0.3, 0.4) is 0 Å². The molecule has 0 heterocycles. The van der Waals surface area contributed by atoms with Crippen molar-refractivity contribution in [3.05, 3.63) is 30.3 Å². The predicted octanol–water partition coefficient (Wildman–Crippen LogP) is 2.66. The Labute approximate surface area is 150 Å². The molecule has 1 amide bonds. The van der Waals surface area contributed by atoms with Crippen LogP contribution < -0.4 is 4.74 Å². The molecule has 0 aliphatic carbocycles. The highest BCUT2D eigenvalue weighted by Crippen LogP contribution is 2.09.